The van der Waals surface area contributed by atoms with Crippen molar-refractivity contribution in [3.8, 4) is 5.00 Å². The van der Waals surface area contributed by atoms with Crippen LogP contribution in [0.25, 0.3) is 5.00 Å². The van der Waals surface area contributed by atoms with Crippen LogP contribution in [0.2, 0.25) is 0 Å². The number of benzene rings is 2. The van der Waals surface area contributed by atoms with E-state index >= 15 is 0 Å². The lowest BCUT2D eigenvalue weighted by Crippen LogP contribution is -2.12. The van der Waals surface area contributed by atoms with E-state index in [9.17, 15) is 19.4 Å². The Hall–Kier alpha value is -3.89. The Labute approximate surface area is 211 Å². The number of fused-ring (bicyclic) bond motifs is 3. The highest BCUT2D eigenvalue weighted by Crippen LogP contribution is 2.40. The first-order chi connectivity index (χ1) is 17.3. The van der Waals surface area contributed by atoms with Crippen LogP contribution in [0, 0.1) is 19.7 Å². The van der Waals surface area contributed by atoms with Crippen LogP contribution in [0.5, 0.6) is 0 Å². The highest BCUT2D eigenvalue weighted by molar-refractivity contribution is 7.15. The number of aromatic nitrogens is 3. The zero-order valence-electron chi connectivity index (χ0n) is 19.9. The fraction of sp³-hybridized carbons (Fsp3) is 0.231. The number of hydrogen-bond acceptors (Lipinski definition) is 7. The average Bonchev–Trinajstić information content (AvgIpc) is 3.36. The van der Waals surface area contributed by atoms with Crippen molar-refractivity contribution in [2.24, 2.45) is 4.99 Å². The van der Waals surface area contributed by atoms with Gasteiger partial charge in [-0.25, -0.2) is 4.39 Å². The molecule has 10 heteroatoms. The van der Waals surface area contributed by atoms with Crippen molar-refractivity contribution >= 4 is 34.4 Å². The predicted molar refractivity (Wildman–Crippen MR) is 136 cm³/mol. The third kappa shape index (κ3) is 4.08. The smallest absolute Gasteiger partial charge is 0.306 e. The Bertz CT molecular complexity index is 1470. The highest BCUT2D eigenvalue weighted by Gasteiger charge is 2.32. The third-order valence-corrected chi connectivity index (χ3v) is 7.62. The molecule has 0 unspecified atom stereocenters. The topological polar surface area (TPSA) is 104 Å². The van der Waals surface area contributed by atoms with Gasteiger partial charge in [0.15, 0.2) is 5.82 Å². The van der Waals surface area contributed by atoms with Gasteiger partial charge >= 0.3 is 5.97 Å². The number of aliphatic carboxylic acids is 1. The molecule has 0 bridgehead atoms. The summed E-state index contributed by atoms with van der Waals surface area (Å²) in [7, 11) is 1.90. The van der Waals surface area contributed by atoms with Gasteiger partial charge in [-0.1, -0.05) is 12.1 Å². The molecular formula is C26H24FN5O3S. The summed E-state index contributed by atoms with van der Waals surface area (Å²) in [6, 6.07) is 13.3. The summed E-state index contributed by atoms with van der Waals surface area (Å²) in [4.78, 5) is 19.4. The third-order valence-electron chi connectivity index (χ3n) is 6.35. The van der Waals surface area contributed by atoms with Gasteiger partial charge < -0.3 is 15.1 Å². The number of nitrogens with zero attached hydrogens (tertiary/aromatic N) is 5. The Morgan fingerprint density at radius 1 is 1.08 bits per heavy atom. The van der Waals surface area contributed by atoms with Gasteiger partial charge in [0.2, 0.25) is 0 Å². The van der Waals surface area contributed by atoms with Gasteiger partial charge in [-0.15, -0.1) is 21.5 Å². The van der Waals surface area contributed by atoms with Crippen LogP contribution < -0.4 is 4.90 Å². The van der Waals surface area contributed by atoms with Crippen LogP contribution in [0.1, 0.15) is 45.7 Å². The summed E-state index contributed by atoms with van der Waals surface area (Å²) in [5, 5.41) is 28.8. The molecule has 0 amide bonds. The second kappa shape index (κ2) is 9.29. The first-order valence-electron chi connectivity index (χ1n) is 11.3. The number of aryl methyl sites for hydroxylation is 1. The van der Waals surface area contributed by atoms with E-state index in [1.807, 2.05) is 54.6 Å². The maximum atomic E-state index is 13.3. The van der Waals surface area contributed by atoms with E-state index in [1.54, 1.807) is 12.1 Å². The molecule has 2 aromatic carbocycles. The molecule has 2 aromatic heterocycles. The van der Waals surface area contributed by atoms with Crippen LogP contribution in [0.4, 0.5) is 15.8 Å². The summed E-state index contributed by atoms with van der Waals surface area (Å²) < 4.78 is 15.2. The van der Waals surface area contributed by atoms with Gasteiger partial charge in [0.1, 0.15) is 22.7 Å². The van der Waals surface area contributed by atoms with Crippen molar-refractivity contribution in [2.45, 2.75) is 32.9 Å². The number of aliphatic hydroxyl groups is 1. The fourth-order valence-corrected chi connectivity index (χ4v) is 5.65. The Kier molecular flexibility index (Phi) is 6.15. The average molecular weight is 506 g/mol. The number of carboxylic acids is 1. The molecule has 0 saturated carbocycles. The van der Waals surface area contributed by atoms with Gasteiger partial charge in [-0.05, 0) is 55.8 Å². The number of halogens is 1. The second-order valence-corrected chi connectivity index (χ2v) is 9.69. The summed E-state index contributed by atoms with van der Waals surface area (Å²) >= 11 is 1.43. The molecule has 8 nitrogen and oxygen atoms in total. The number of aliphatic imine (C=N–C) groups is 1. The highest BCUT2D eigenvalue weighted by atomic mass is 32.1. The van der Waals surface area contributed by atoms with Crippen LogP contribution in [-0.2, 0) is 11.4 Å². The molecule has 2 N–H and O–H groups in total. The van der Waals surface area contributed by atoms with Crippen molar-refractivity contribution in [3.63, 3.8) is 0 Å². The molecule has 1 aliphatic rings. The summed E-state index contributed by atoms with van der Waals surface area (Å²) in [6.45, 7) is 3.63. The Morgan fingerprint density at radius 3 is 2.33 bits per heavy atom. The first kappa shape index (κ1) is 23.8. The lowest BCUT2D eigenvalue weighted by Gasteiger charge is -2.20. The van der Waals surface area contributed by atoms with Crippen LogP contribution in [0.3, 0.4) is 0 Å². The van der Waals surface area contributed by atoms with Crippen LogP contribution >= 0.6 is 11.3 Å². The predicted octanol–water partition coefficient (Wildman–Crippen LogP) is 4.71. The zero-order valence-corrected chi connectivity index (χ0v) is 20.8. The lowest BCUT2D eigenvalue weighted by molar-refractivity contribution is -0.137. The number of anilines is 2. The quantitative estimate of drug-likeness (QED) is 0.393. The van der Waals surface area contributed by atoms with Gasteiger partial charge in [0, 0.05) is 34.4 Å². The van der Waals surface area contributed by atoms with E-state index in [0.717, 1.165) is 37.9 Å². The molecular weight excluding hydrogens is 481 g/mol. The van der Waals surface area contributed by atoms with Crippen LogP contribution in [-0.4, -0.2) is 43.7 Å². The van der Waals surface area contributed by atoms with Crippen molar-refractivity contribution in [1.29, 1.82) is 0 Å². The van der Waals surface area contributed by atoms with Gasteiger partial charge in [0.05, 0.1) is 18.7 Å². The number of carbonyl (C=O) groups is 1. The molecule has 4 aromatic rings. The van der Waals surface area contributed by atoms with Gasteiger partial charge in [0.25, 0.3) is 0 Å². The van der Waals surface area contributed by atoms with Crippen molar-refractivity contribution in [3.05, 3.63) is 87.6 Å². The van der Waals surface area contributed by atoms with Crippen LogP contribution in [0.15, 0.2) is 53.5 Å². The van der Waals surface area contributed by atoms with E-state index in [0.29, 0.717) is 17.4 Å². The van der Waals surface area contributed by atoms with Crippen molar-refractivity contribution in [1.82, 2.24) is 14.8 Å². The van der Waals surface area contributed by atoms with E-state index in [-0.39, 0.29) is 18.8 Å². The molecule has 0 fully saturated rings. The number of rotatable bonds is 6. The van der Waals surface area contributed by atoms with E-state index < -0.39 is 12.0 Å². The summed E-state index contributed by atoms with van der Waals surface area (Å²) in [5.41, 5.74) is 4.91. The van der Waals surface area contributed by atoms with E-state index in [4.69, 9.17) is 4.99 Å². The molecule has 1 atom stereocenters. The largest absolute Gasteiger partial charge is 0.481 e. The molecule has 0 saturated heterocycles. The van der Waals surface area contributed by atoms with Crippen molar-refractivity contribution < 1.29 is 19.4 Å². The minimum Gasteiger partial charge on any atom is -0.481 e. The normalized spacial score (nSPS) is 14.6. The maximum Gasteiger partial charge on any atom is 0.306 e. The molecule has 5 rings (SSSR count). The Balaban J connectivity index is 1.63. The second-order valence-electron chi connectivity index (χ2n) is 8.60. The summed E-state index contributed by atoms with van der Waals surface area (Å²) in [5.74, 6) is -0.186. The standard InChI is InChI=1S/C26H24FN5O3S/c1-14-21(13-33)36-26-23(14)24(28-20(12-22(34)35)25-30-29-15(2)32(25)26)16-4-8-18(9-5-16)31(3)19-10-6-17(27)7-11-19/h4-11,20,33H,12-13H2,1-3H3,(H,34,35)/t20-/m0/s1. The lowest BCUT2D eigenvalue weighted by atomic mass is 9.99. The number of carboxylic acid groups (broad SMARTS) is 1. The summed E-state index contributed by atoms with van der Waals surface area (Å²) in [6.07, 6.45) is -0.228. The number of hydrogen-bond donors (Lipinski definition) is 2. The van der Waals surface area contributed by atoms with Crippen molar-refractivity contribution in [2.75, 3.05) is 11.9 Å². The van der Waals surface area contributed by atoms with Gasteiger partial charge in [-0.3, -0.25) is 14.4 Å². The molecule has 0 aliphatic carbocycles. The first-order valence-corrected chi connectivity index (χ1v) is 12.1. The molecule has 36 heavy (non-hydrogen) atoms. The molecule has 184 valence electrons. The number of thiophene rings is 1. The van der Waals surface area contributed by atoms with E-state index in [1.165, 1.54) is 23.5 Å². The minimum atomic E-state index is -0.982. The molecule has 0 spiro atoms. The SMILES string of the molecule is Cc1c(CO)sc2c1C(c1ccc(N(C)c3ccc(F)cc3)cc1)=N[C@@H](CC(=O)O)c1nnc(C)n1-2. The fourth-order valence-electron chi connectivity index (χ4n) is 4.43. The zero-order chi connectivity index (χ0) is 25.6. The van der Waals surface area contributed by atoms with Gasteiger partial charge in [-0.2, -0.15) is 0 Å². The molecule has 0 radical (unpaired) electrons. The number of aliphatic hydroxyl groups excluding tert-OH is 1. The van der Waals surface area contributed by atoms with E-state index in [2.05, 4.69) is 10.2 Å². The Morgan fingerprint density at radius 2 is 1.72 bits per heavy atom. The molecule has 1 aliphatic heterocycles. The minimum absolute atomic E-state index is 0.118. The monoisotopic (exact) mass is 505 g/mol. The molecule has 3 heterocycles. The maximum absolute atomic E-state index is 13.3.